The van der Waals surface area contributed by atoms with Gasteiger partial charge in [-0.15, -0.1) is 11.6 Å². The van der Waals surface area contributed by atoms with Crippen molar-refractivity contribution in [1.82, 2.24) is 4.72 Å². The van der Waals surface area contributed by atoms with E-state index in [9.17, 15) is 8.42 Å². The summed E-state index contributed by atoms with van der Waals surface area (Å²) in [6, 6.07) is 0. The third-order valence-electron chi connectivity index (χ3n) is 2.18. The largest absolute Gasteiger partial charge is 0.381 e. The van der Waals surface area contributed by atoms with E-state index in [-0.39, 0.29) is 17.9 Å². The molecule has 0 aromatic carbocycles. The highest BCUT2D eigenvalue weighted by Crippen LogP contribution is 2.36. The van der Waals surface area contributed by atoms with Crippen LogP contribution in [0.4, 0.5) is 0 Å². The molecule has 0 aliphatic heterocycles. The van der Waals surface area contributed by atoms with Crippen molar-refractivity contribution in [2.45, 2.75) is 25.3 Å². The molecule has 0 bridgehead atoms. The van der Waals surface area contributed by atoms with Crippen molar-refractivity contribution < 1.29 is 13.2 Å². The lowest BCUT2D eigenvalue weighted by Gasteiger charge is -2.13. The SMILES string of the molecule is CCOCCS(=O)(=O)NC1(CCl)CC1. The molecule has 0 amide bonds. The lowest BCUT2D eigenvalue weighted by atomic mass is 10.4. The molecule has 0 heterocycles. The zero-order chi connectivity index (χ0) is 10.7. The molecule has 0 unspecified atom stereocenters. The number of ether oxygens (including phenoxy) is 1. The first kappa shape index (κ1) is 12.2. The second kappa shape index (κ2) is 4.79. The van der Waals surface area contributed by atoms with E-state index < -0.39 is 10.0 Å². The average molecular weight is 242 g/mol. The fourth-order valence-corrected chi connectivity index (χ4v) is 2.90. The standard InChI is InChI=1S/C8H16ClNO3S/c1-2-13-5-6-14(11,12)10-8(7-9)3-4-8/h10H,2-7H2,1H3. The van der Waals surface area contributed by atoms with Gasteiger partial charge in [0.1, 0.15) is 0 Å². The summed E-state index contributed by atoms with van der Waals surface area (Å²) in [7, 11) is -3.22. The second-order valence-electron chi connectivity index (χ2n) is 3.53. The topological polar surface area (TPSA) is 55.4 Å². The van der Waals surface area contributed by atoms with Crippen LogP contribution >= 0.6 is 11.6 Å². The fourth-order valence-electron chi connectivity index (χ4n) is 1.11. The van der Waals surface area contributed by atoms with Gasteiger partial charge in [0.05, 0.1) is 12.4 Å². The monoisotopic (exact) mass is 241 g/mol. The van der Waals surface area contributed by atoms with Crippen molar-refractivity contribution in [1.29, 1.82) is 0 Å². The van der Waals surface area contributed by atoms with E-state index in [0.717, 1.165) is 12.8 Å². The van der Waals surface area contributed by atoms with Crippen LogP contribution < -0.4 is 4.72 Å². The third-order valence-corrected chi connectivity index (χ3v) is 4.14. The van der Waals surface area contributed by atoms with Crippen LogP contribution in [0.15, 0.2) is 0 Å². The summed E-state index contributed by atoms with van der Waals surface area (Å²) < 4.78 is 30.5. The minimum Gasteiger partial charge on any atom is -0.381 e. The zero-order valence-corrected chi connectivity index (χ0v) is 9.83. The quantitative estimate of drug-likeness (QED) is 0.528. The lowest BCUT2D eigenvalue weighted by molar-refractivity contribution is 0.163. The molecule has 1 rings (SSSR count). The van der Waals surface area contributed by atoms with Gasteiger partial charge >= 0.3 is 0 Å². The van der Waals surface area contributed by atoms with Crippen LogP contribution in [-0.2, 0) is 14.8 Å². The Morgan fingerprint density at radius 1 is 1.50 bits per heavy atom. The Bertz CT molecular complexity index is 274. The maximum atomic E-state index is 11.5. The molecule has 14 heavy (non-hydrogen) atoms. The van der Waals surface area contributed by atoms with Crippen LogP contribution in [0.25, 0.3) is 0 Å². The number of halogens is 1. The van der Waals surface area contributed by atoms with E-state index in [1.807, 2.05) is 6.92 Å². The molecular weight excluding hydrogens is 226 g/mol. The van der Waals surface area contributed by atoms with Gasteiger partial charge in [0, 0.05) is 18.0 Å². The van der Waals surface area contributed by atoms with Gasteiger partial charge in [-0.1, -0.05) is 0 Å². The molecule has 0 aromatic heterocycles. The molecule has 1 fully saturated rings. The van der Waals surface area contributed by atoms with Gasteiger partial charge < -0.3 is 4.74 Å². The summed E-state index contributed by atoms with van der Waals surface area (Å²) in [5.41, 5.74) is -0.355. The predicted octanol–water partition coefficient (Wildman–Crippen LogP) is 0.714. The van der Waals surface area contributed by atoms with E-state index in [0.29, 0.717) is 12.5 Å². The molecule has 0 atom stereocenters. The number of hydrogen-bond acceptors (Lipinski definition) is 3. The van der Waals surface area contributed by atoms with Crippen LogP contribution in [0, 0.1) is 0 Å². The Hall–Kier alpha value is 0.160. The highest BCUT2D eigenvalue weighted by Gasteiger charge is 2.44. The van der Waals surface area contributed by atoms with Gasteiger partial charge in [-0.3, -0.25) is 0 Å². The average Bonchev–Trinajstić information content (AvgIpc) is 2.85. The van der Waals surface area contributed by atoms with Gasteiger partial charge in [-0.25, -0.2) is 13.1 Å². The van der Waals surface area contributed by atoms with Crippen molar-refractivity contribution in [2.24, 2.45) is 0 Å². The zero-order valence-electron chi connectivity index (χ0n) is 8.25. The molecule has 1 aliphatic carbocycles. The van der Waals surface area contributed by atoms with Crippen molar-refractivity contribution in [2.75, 3.05) is 24.8 Å². The molecule has 0 aromatic rings. The molecule has 4 nitrogen and oxygen atoms in total. The van der Waals surface area contributed by atoms with E-state index in [1.54, 1.807) is 0 Å². The van der Waals surface area contributed by atoms with Gasteiger partial charge in [0.25, 0.3) is 0 Å². The summed E-state index contributed by atoms with van der Waals surface area (Å²) in [4.78, 5) is 0. The van der Waals surface area contributed by atoms with Crippen molar-refractivity contribution >= 4 is 21.6 Å². The number of rotatable bonds is 7. The van der Waals surface area contributed by atoms with Gasteiger partial charge in [-0.05, 0) is 19.8 Å². The Morgan fingerprint density at radius 2 is 2.14 bits per heavy atom. The first-order valence-corrected chi connectivity index (χ1v) is 6.88. The lowest BCUT2D eigenvalue weighted by Crippen LogP contribution is -2.40. The van der Waals surface area contributed by atoms with E-state index in [4.69, 9.17) is 16.3 Å². The Kier molecular flexibility index (Phi) is 4.18. The van der Waals surface area contributed by atoms with E-state index in [1.165, 1.54) is 0 Å². The van der Waals surface area contributed by atoms with Crippen molar-refractivity contribution in [3.63, 3.8) is 0 Å². The summed E-state index contributed by atoms with van der Waals surface area (Å²) in [6.45, 7) is 2.61. The first-order chi connectivity index (χ1) is 6.54. The number of alkyl halides is 1. The molecular formula is C8H16ClNO3S. The van der Waals surface area contributed by atoms with Crippen molar-refractivity contribution in [3.05, 3.63) is 0 Å². The first-order valence-electron chi connectivity index (χ1n) is 4.69. The normalized spacial score (nSPS) is 19.6. The maximum Gasteiger partial charge on any atom is 0.214 e. The summed E-state index contributed by atoms with van der Waals surface area (Å²) in [6.07, 6.45) is 1.68. The predicted molar refractivity (Wildman–Crippen MR) is 56.1 cm³/mol. The molecule has 1 aliphatic rings. The number of nitrogens with one attached hydrogen (secondary N) is 1. The fraction of sp³-hybridized carbons (Fsp3) is 1.00. The van der Waals surface area contributed by atoms with E-state index in [2.05, 4.69) is 4.72 Å². The van der Waals surface area contributed by atoms with Crippen LogP contribution in [0.2, 0.25) is 0 Å². The molecule has 1 saturated carbocycles. The number of sulfonamides is 1. The van der Waals surface area contributed by atoms with Gasteiger partial charge in [-0.2, -0.15) is 0 Å². The van der Waals surface area contributed by atoms with Crippen molar-refractivity contribution in [3.8, 4) is 0 Å². The molecule has 1 N–H and O–H groups in total. The van der Waals surface area contributed by atoms with Crippen LogP contribution in [0.5, 0.6) is 0 Å². The van der Waals surface area contributed by atoms with Crippen LogP contribution in [0.3, 0.4) is 0 Å². The Morgan fingerprint density at radius 3 is 2.57 bits per heavy atom. The minimum absolute atomic E-state index is 0.0134. The highest BCUT2D eigenvalue weighted by atomic mass is 35.5. The third kappa shape index (κ3) is 3.73. The molecule has 84 valence electrons. The molecule has 0 spiro atoms. The smallest absolute Gasteiger partial charge is 0.214 e. The molecule has 0 saturated heterocycles. The molecule has 6 heteroatoms. The summed E-state index contributed by atoms with van der Waals surface area (Å²) >= 11 is 5.66. The van der Waals surface area contributed by atoms with E-state index >= 15 is 0 Å². The summed E-state index contributed by atoms with van der Waals surface area (Å²) in [5.74, 6) is 0.361. The highest BCUT2D eigenvalue weighted by molar-refractivity contribution is 7.89. The van der Waals surface area contributed by atoms with Crippen LogP contribution in [-0.4, -0.2) is 38.8 Å². The van der Waals surface area contributed by atoms with Crippen LogP contribution in [0.1, 0.15) is 19.8 Å². The van der Waals surface area contributed by atoms with Gasteiger partial charge in [0.15, 0.2) is 0 Å². The minimum atomic E-state index is -3.22. The maximum absolute atomic E-state index is 11.5. The molecule has 0 radical (unpaired) electrons. The number of hydrogen-bond donors (Lipinski definition) is 1. The Balaban J connectivity index is 2.34. The summed E-state index contributed by atoms with van der Waals surface area (Å²) in [5, 5.41) is 0. The van der Waals surface area contributed by atoms with Gasteiger partial charge in [0.2, 0.25) is 10.0 Å². The Labute approximate surface area is 90.0 Å². The second-order valence-corrected chi connectivity index (χ2v) is 5.64.